The van der Waals surface area contributed by atoms with E-state index >= 15 is 0 Å². The molecule has 3 aromatic carbocycles. The van der Waals surface area contributed by atoms with Crippen LogP contribution in [0.25, 0.3) is 33.1 Å². The number of aliphatic carboxylic acids is 1. The van der Waals surface area contributed by atoms with E-state index in [2.05, 4.69) is 23.2 Å². The standard InChI is InChI=1S/C33H29N5O4S/c1-20-24(10-7-13-27(20)43-21(2)32(40)41)18-37-30-28(31(39)36(3)33(37)42)29(23-14-16-34-17-15-23)38(35-30)19-25-11-6-9-22-8-4-5-12-26(22)25/h4-17,21H,18-19H2,1-3H3,(H,40,41). The third-order valence-electron chi connectivity index (χ3n) is 7.76. The van der Waals surface area contributed by atoms with Crippen LogP contribution in [0.2, 0.25) is 0 Å². The summed E-state index contributed by atoms with van der Waals surface area (Å²) in [5, 5.41) is 16.3. The summed E-state index contributed by atoms with van der Waals surface area (Å²) in [6.45, 7) is 4.09. The van der Waals surface area contributed by atoms with Crippen molar-refractivity contribution in [3.63, 3.8) is 0 Å². The molecule has 0 amide bonds. The van der Waals surface area contributed by atoms with Crippen molar-refractivity contribution in [3.05, 3.63) is 123 Å². The third-order valence-corrected chi connectivity index (χ3v) is 9.01. The van der Waals surface area contributed by atoms with Crippen molar-refractivity contribution >= 4 is 39.5 Å². The van der Waals surface area contributed by atoms with Gasteiger partial charge in [0.1, 0.15) is 10.6 Å². The molecule has 3 heterocycles. The minimum Gasteiger partial charge on any atom is -0.480 e. The Bertz CT molecular complexity index is 2130. The van der Waals surface area contributed by atoms with Crippen LogP contribution in [0.4, 0.5) is 0 Å². The maximum Gasteiger partial charge on any atom is 0.332 e. The van der Waals surface area contributed by atoms with E-state index in [4.69, 9.17) is 5.10 Å². The Morgan fingerprint density at radius 1 is 0.930 bits per heavy atom. The summed E-state index contributed by atoms with van der Waals surface area (Å²) in [6, 6.07) is 23.5. The molecule has 43 heavy (non-hydrogen) atoms. The van der Waals surface area contributed by atoms with E-state index in [9.17, 15) is 19.5 Å². The molecule has 0 spiro atoms. The van der Waals surface area contributed by atoms with E-state index in [0.717, 1.165) is 42.5 Å². The summed E-state index contributed by atoms with van der Waals surface area (Å²) in [4.78, 5) is 43.9. The summed E-state index contributed by atoms with van der Waals surface area (Å²) in [6.07, 6.45) is 3.34. The first kappa shape index (κ1) is 28.2. The van der Waals surface area contributed by atoms with Gasteiger partial charge in [0.2, 0.25) is 0 Å². The molecule has 0 aliphatic carbocycles. The number of pyridine rings is 1. The van der Waals surface area contributed by atoms with Crippen molar-refractivity contribution in [3.8, 4) is 11.3 Å². The summed E-state index contributed by atoms with van der Waals surface area (Å²) in [5.41, 5.74) is 3.48. The van der Waals surface area contributed by atoms with Crippen LogP contribution < -0.4 is 11.2 Å². The normalized spacial score (nSPS) is 12.2. The van der Waals surface area contributed by atoms with Gasteiger partial charge in [-0.3, -0.25) is 28.4 Å². The quantitative estimate of drug-likeness (QED) is 0.246. The second kappa shape index (κ2) is 11.4. The van der Waals surface area contributed by atoms with Gasteiger partial charge < -0.3 is 5.11 Å². The Kier molecular flexibility index (Phi) is 7.45. The van der Waals surface area contributed by atoms with Gasteiger partial charge in [-0.25, -0.2) is 4.79 Å². The fraction of sp³-hybridized carbons (Fsp3) is 0.182. The highest BCUT2D eigenvalue weighted by Gasteiger charge is 2.24. The van der Waals surface area contributed by atoms with Crippen molar-refractivity contribution in [2.45, 2.75) is 37.1 Å². The number of carboxylic acid groups (broad SMARTS) is 1. The van der Waals surface area contributed by atoms with Crippen molar-refractivity contribution in [1.82, 2.24) is 23.9 Å². The predicted octanol–water partition coefficient (Wildman–Crippen LogP) is 5.08. The molecule has 0 radical (unpaired) electrons. The SMILES string of the molecule is Cc1c(Cn2c(=O)n(C)c(=O)c3c(-c4ccncc4)n(Cc4cccc5ccccc45)nc32)cccc1SC(C)C(=O)O. The number of carboxylic acids is 1. The van der Waals surface area contributed by atoms with Crippen LogP contribution in [-0.4, -0.2) is 40.2 Å². The van der Waals surface area contributed by atoms with Crippen LogP contribution in [-0.2, 0) is 24.9 Å². The van der Waals surface area contributed by atoms with E-state index in [1.54, 1.807) is 24.0 Å². The highest BCUT2D eigenvalue weighted by atomic mass is 32.2. The smallest absolute Gasteiger partial charge is 0.332 e. The number of nitrogens with zero attached hydrogens (tertiary/aromatic N) is 5. The van der Waals surface area contributed by atoms with E-state index < -0.39 is 22.5 Å². The van der Waals surface area contributed by atoms with Gasteiger partial charge in [-0.2, -0.15) is 5.10 Å². The predicted molar refractivity (Wildman–Crippen MR) is 169 cm³/mol. The van der Waals surface area contributed by atoms with Crippen molar-refractivity contribution in [1.29, 1.82) is 0 Å². The Morgan fingerprint density at radius 2 is 1.63 bits per heavy atom. The molecule has 0 aliphatic rings. The molecule has 6 aromatic rings. The average molecular weight is 592 g/mol. The van der Waals surface area contributed by atoms with Crippen LogP contribution in [0.1, 0.15) is 23.6 Å². The van der Waals surface area contributed by atoms with Crippen LogP contribution in [0.15, 0.2) is 99.7 Å². The second-order valence-corrected chi connectivity index (χ2v) is 11.8. The molecule has 216 valence electrons. The molecule has 0 saturated heterocycles. The zero-order chi connectivity index (χ0) is 30.2. The fourth-order valence-electron chi connectivity index (χ4n) is 5.38. The molecule has 0 aliphatic heterocycles. The van der Waals surface area contributed by atoms with Gasteiger partial charge in [-0.15, -0.1) is 11.8 Å². The Labute approximate surface area is 251 Å². The lowest BCUT2D eigenvalue weighted by Gasteiger charge is -2.15. The number of rotatable bonds is 8. The molecule has 1 unspecified atom stereocenters. The summed E-state index contributed by atoms with van der Waals surface area (Å²) in [5.74, 6) is -0.897. The highest BCUT2D eigenvalue weighted by Crippen LogP contribution is 2.31. The average Bonchev–Trinajstić information content (AvgIpc) is 3.39. The van der Waals surface area contributed by atoms with E-state index in [1.165, 1.54) is 23.4 Å². The molecule has 0 saturated carbocycles. The van der Waals surface area contributed by atoms with Gasteiger partial charge in [-0.1, -0.05) is 54.6 Å². The van der Waals surface area contributed by atoms with Crippen molar-refractivity contribution in [2.75, 3.05) is 0 Å². The largest absolute Gasteiger partial charge is 0.480 e. The minimum absolute atomic E-state index is 0.159. The maximum absolute atomic E-state index is 13.8. The lowest BCUT2D eigenvalue weighted by molar-refractivity contribution is -0.136. The van der Waals surface area contributed by atoms with Crippen LogP contribution in [0.5, 0.6) is 0 Å². The van der Waals surface area contributed by atoms with Crippen LogP contribution in [0, 0.1) is 6.92 Å². The minimum atomic E-state index is -0.897. The number of fused-ring (bicyclic) bond motifs is 2. The van der Waals surface area contributed by atoms with Crippen molar-refractivity contribution in [2.24, 2.45) is 7.05 Å². The molecular formula is C33H29N5O4S. The van der Waals surface area contributed by atoms with Crippen LogP contribution >= 0.6 is 11.8 Å². The van der Waals surface area contributed by atoms with E-state index in [0.29, 0.717) is 17.6 Å². The lowest BCUT2D eigenvalue weighted by atomic mass is 10.0. The van der Waals surface area contributed by atoms with Crippen molar-refractivity contribution < 1.29 is 9.90 Å². The molecule has 1 N–H and O–H groups in total. The maximum atomic E-state index is 13.8. The Balaban J connectivity index is 1.56. The number of benzene rings is 3. The monoisotopic (exact) mass is 591 g/mol. The number of hydrogen-bond acceptors (Lipinski definition) is 6. The summed E-state index contributed by atoms with van der Waals surface area (Å²) < 4.78 is 4.45. The van der Waals surface area contributed by atoms with Gasteiger partial charge in [0.25, 0.3) is 5.56 Å². The highest BCUT2D eigenvalue weighted by molar-refractivity contribution is 8.00. The van der Waals surface area contributed by atoms with Gasteiger partial charge in [0.05, 0.1) is 18.8 Å². The van der Waals surface area contributed by atoms with Gasteiger partial charge in [0.15, 0.2) is 5.65 Å². The Hall–Kier alpha value is -4.96. The fourth-order valence-corrected chi connectivity index (χ4v) is 6.33. The zero-order valence-corrected chi connectivity index (χ0v) is 24.7. The second-order valence-electron chi connectivity index (χ2n) is 10.5. The molecule has 9 nitrogen and oxygen atoms in total. The number of thioether (sulfide) groups is 1. The zero-order valence-electron chi connectivity index (χ0n) is 23.9. The summed E-state index contributed by atoms with van der Waals surface area (Å²) >= 11 is 1.25. The van der Waals surface area contributed by atoms with E-state index in [1.807, 2.05) is 61.5 Å². The number of carbonyl (C=O) groups is 1. The molecule has 3 aromatic heterocycles. The molecule has 1 atom stereocenters. The molecular weight excluding hydrogens is 562 g/mol. The first-order chi connectivity index (χ1) is 20.7. The van der Waals surface area contributed by atoms with Crippen LogP contribution in [0.3, 0.4) is 0 Å². The molecule has 6 rings (SSSR count). The van der Waals surface area contributed by atoms with E-state index in [-0.39, 0.29) is 12.2 Å². The number of hydrogen-bond donors (Lipinski definition) is 1. The summed E-state index contributed by atoms with van der Waals surface area (Å²) in [7, 11) is 1.48. The number of aromatic nitrogens is 5. The lowest BCUT2D eigenvalue weighted by Crippen LogP contribution is -2.38. The van der Waals surface area contributed by atoms with Gasteiger partial charge in [0, 0.05) is 29.9 Å². The van der Waals surface area contributed by atoms with Gasteiger partial charge >= 0.3 is 11.7 Å². The molecule has 0 fully saturated rings. The molecule has 0 bridgehead atoms. The Morgan fingerprint density at radius 3 is 2.40 bits per heavy atom. The first-order valence-electron chi connectivity index (χ1n) is 13.8. The molecule has 10 heteroatoms. The van der Waals surface area contributed by atoms with Gasteiger partial charge in [-0.05, 0) is 59.5 Å². The topological polar surface area (TPSA) is 112 Å². The third kappa shape index (κ3) is 5.14. The first-order valence-corrected chi connectivity index (χ1v) is 14.7.